The van der Waals surface area contributed by atoms with Gasteiger partial charge in [-0.3, -0.25) is 14.4 Å². The highest BCUT2D eigenvalue weighted by Gasteiger charge is 2.49. The van der Waals surface area contributed by atoms with Crippen molar-refractivity contribution in [1.82, 2.24) is 10.2 Å². The van der Waals surface area contributed by atoms with E-state index in [1.54, 1.807) is 54.6 Å². The number of esters is 2. The SMILES string of the molecule is CCC(=O)N(C1O[C@H](CO)[C@@H](O)[C@H](OCC(=O)O)[C@H]1N)[C@@H](C)C(=O)N[C@H](CCC(=O)OCc1ccccc1)C(=O)OCc1ccccc1. The molecule has 0 aliphatic carbocycles. The van der Waals surface area contributed by atoms with Crippen molar-refractivity contribution < 1.29 is 58.2 Å². The molecule has 1 aliphatic rings. The molecule has 2 amide bonds. The predicted molar refractivity (Wildman–Crippen MR) is 167 cm³/mol. The summed E-state index contributed by atoms with van der Waals surface area (Å²) in [6.45, 7) is 1.22. The van der Waals surface area contributed by atoms with Crippen molar-refractivity contribution in [3.63, 3.8) is 0 Å². The van der Waals surface area contributed by atoms with E-state index < -0.39 is 85.6 Å². The topological polar surface area (TPSA) is 224 Å². The lowest BCUT2D eigenvalue weighted by molar-refractivity contribution is -0.239. The van der Waals surface area contributed by atoms with Crippen molar-refractivity contribution in [2.75, 3.05) is 13.2 Å². The quantitative estimate of drug-likeness (QED) is 0.142. The smallest absolute Gasteiger partial charge is 0.329 e. The molecule has 1 saturated heterocycles. The summed E-state index contributed by atoms with van der Waals surface area (Å²) >= 11 is 0. The Hall–Kier alpha value is -4.41. The number of aliphatic carboxylic acids is 1. The summed E-state index contributed by atoms with van der Waals surface area (Å²) in [5.41, 5.74) is 7.76. The first-order valence-corrected chi connectivity index (χ1v) is 15.5. The molecule has 7 atom stereocenters. The number of hydrogen-bond donors (Lipinski definition) is 5. The van der Waals surface area contributed by atoms with E-state index in [4.69, 9.17) is 29.8 Å². The van der Waals surface area contributed by atoms with E-state index >= 15 is 0 Å². The molecule has 0 radical (unpaired) electrons. The van der Waals surface area contributed by atoms with Gasteiger partial charge in [0, 0.05) is 12.8 Å². The second-order valence-electron chi connectivity index (χ2n) is 11.2. The van der Waals surface area contributed by atoms with Crippen LogP contribution < -0.4 is 11.1 Å². The van der Waals surface area contributed by atoms with E-state index in [0.717, 1.165) is 10.5 Å². The normalized spacial score (nSPS) is 21.7. The van der Waals surface area contributed by atoms with Gasteiger partial charge in [0.2, 0.25) is 11.8 Å². The first-order valence-electron chi connectivity index (χ1n) is 15.5. The van der Waals surface area contributed by atoms with Crippen LogP contribution in [0.25, 0.3) is 0 Å². The van der Waals surface area contributed by atoms with Crippen LogP contribution in [0.3, 0.4) is 0 Å². The number of nitrogens with one attached hydrogen (secondary N) is 1. The number of aliphatic hydroxyl groups is 2. The zero-order valence-corrected chi connectivity index (χ0v) is 26.8. The number of ether oxygens (including phenoxy) is 4. The Bertz CT molecular complexity index is 1360. The number of aliphatic hydroxyl groups excluding tert-OH is 2. The van der Waals surface area contributed by atoms with Gasteiger partial charge >= 0.3 is 17.9 Å². The molecule has 3 rings (SSSR count). The van der Waals surface area contributed by atoms with Gasteiger partial charge in [-0.1, -0.05) is 67.6 Å². The number of benzene rings is 2. The zero-order valence-electron chi connectivity index (χ0n) is 26.8. The maximum absolute atomic E-state index is 13.7. The first kappa shape index (κ1) is 38.0. The molecule has 2 aromatic carbocycles. The van der Waals surface area contributed by atoms with E-state index in [1.807, 2.05) is 6.07 Å². The lowest BCUT2D eigenvalue weighted by atomic mass is 9.95. The van der Waals surface area contributed by atoms with Crippen molar-refractivity contribution in [3.8, 4) is 0 Å². The van der Waals surface area contributed by atoms with Gasteiger partial charge in [-0.25, -0.2) is 9.59 Å². The van der Waals surface area contributed by atoms with Crippen LogP contribution in [0.2, 0.25) is 0 Å². The predicted octanol–water partition coefficient (Wildman–Crippen LogP) is 0.241. The summed E-state index contributed by atoms with van der Waals surface area (Å²) in [7, 11) is 0. The molecule has 2 aromatic rings. The van der Waals surface area contributed by atoms with Crippen molar-refractivity contribution in [2.24, 2.45) is 5.73 Å². The summed E-state index contributed by atoms with van der Waals surface area (Å²) in [6, 6.07) is 13.8. The highest BCUT2D eigenvalue weighted by molar-refractivity contribution is 5.90. The molecule has 48 heavy (non-hydrogen) atoms. The van der Waals surface area contributed by atoms with Crippen LogP contribution in [0, 0.1) is 0 Å². The maximum Gasteiger partial charge on any atom is 0.329 e. The third kappa shape index (κ3) is 10.8. The minimum absolute atomic E-state index is 0.0165. The summed E-state index contributed by atoms with van der Waals surface area (Å²) in [5, 5.41) is 32.1. The molecule has 1 unspecified atom stereocenters. The molecule has 0 spiro atoms. The third-order valence-corrected chi connectivity index (χ3v) is 7.69. The van der Waals surface area contributed by atoms with Gasteiger partial charge in [0.1, 0.15) is 50.2 Å². The van der Waals surface area contributed by atoms with Gasteiger partial charge in [0.15, 0.2) is 6.23 Å². The Morgan fingerprint density at radius 2 is 1.56 bits per heavy atom. The minimum atomic E-state index is -1.55. The molecular weight excluding hydrogens is 630 g/mol. The van der Waals surface area contributed by atoms with Gasteiger partial charge in [-0.05, 0) is 24.5 Å². The van der Waals surface area contributed by atoms with E-state index in [1.165, 1.54) is 13.8 Å². The Morgan fingerprint density at radius 1 is 0.979 bits per heavy atom. The molecule has 15 nitrogen and oxygen atoms in total. The van der Waals surface area contributed by atoms with E-state index in [9.17, 15) is 34.2 Å². The monoisotopic (exact) mass is 673 g/mol. The Morgan fingerprint density at radius 3 is 2.10 bits per heavy atom. The molecule has 1 aliphatic heterocycles. The Balaban J connectivity index is 1.78. The van der Waals surface area contributed by atoms with Crippen LogP contribution in [-0.2, 0) is 56.1 Å². The number of hydrogen-bond acceptors (Lipinski definition) is 12. The van der Waals surface area contributed by atoms with Crippen LogP contribution in [0.1, 0.15) is 44.2 Å². The number of nitrogens with two attached hydrogens (primary N) is 1. The van der Waals surface area contributed by atoms with Crippen LogP contribution in [0.5, 0.6) is 0 Å². The Kier molecular flexibility index (Phi) is 14.9. The standard InChI is InChI=1S/C33H43N3O12/c1-3-25(38)36(32-28(34)30(46-19-26(39)40)29(42)24(16-37)48-32)20(2)31(43)35-23(33(44)47-18-22-12-8-5-9-13-22)14-15-27(41)45-17-21-10-6-4-7-11-21/h4-13,20,23-24,28-30,32,37,42H,3,14-19,34H2,1-2H3,(H,35,43)(H,39,40)/t20-,23+,24+,28+,29+,30+,32?/m0/s1. The number of amides is 2. The number of carboxylic acid groups (broad SMARTS) is 1. The van der Waals surface area contributed by atoms with E-state index in [-0.39, 0.29) is 32.5 Å². The third-order valence-electron chi connectivity index (χ3n) is 7.69. The molecule has 15 heteroatoms. The molecule has 1 fully saturated rings. The fourth-order valence-electron chi connectivity index (χ4n) is 5.06. The summed E-state index contributed by atoms with van der Waals surface area (Å²) in [4.78, 5) is 64.9. The van der Waals surface area contributed by atoms with Gasteiger partial charge in [0.05, 0.1) is 12.6 Å². The molecule has 1 heterocycles. The van der Waals surface area contributed by atoms with Crippen LogP contribution >= 0.6 is 0 Å². The second kappa shape index (κ2) is 18.8. The fraction of sp³-hybridized carbons (Fsp3) is 0.485. The number of rotatable bonds is 17. The minimum Gasteiger partial charge on any atom is -0.480 e. The Labute approximate surface area is 277 Å². The summed E-state index contributed by atoms with van der Waals surface area (Å²) < 4.78 is 21.8. The average Bonchev–Trinajstić information content (AvgIpc) is 3.09. The average molecular weight is 674 g/mol. The number of nitrogens with zero attached hydrogens (tertiary/aromatic N) is 1. The van der Waals surface area contributed by atoms with Crippen molar-refractivity contribution in [1.29, 1.82) is 0 Å². The highest BCUT2D eigenvalue weighted by atomic mass is 16.6. The van der Waals surface area contributed by atoms with Gasteiger partial charge < -0.3 is 50.2 Å². The molecule has 0 saturated carbocycles. The number of carboxylic acids is 1. The molecule has 6 N–H and O–H groups in total. The summed E-state index contributed by atoms with van der Waals surface area (Å²) in [5.74, 6) is -4.24. The van der Waals surface area contributed by atoms with E-state index in [2.05, 4.69) is 5.32 Å². The van der Waals surface area contributed by atoms with Gasteiger partial charge in [-0.2, -0.15) is 0 Å². The first-order chi connectivity index (χ1) is 23.0. The largest absolute Gasteiger partial charge is 0.480 e. The molecule has 0 aromatic heterocycles. The maximum atomic E-state index is 13.7. The van der Waals surface area contributed by atoms with Crippen LogP contribution in [0.15, 0.2) is 60.7 Å². The lowest BCUT2D eigenvalue weighted by Gasteiger charge is -2.47. The molecule has 0 bridgehead atoms. The van der Waals surface area contributed by atoms with Crippen LogP contribution in [0.4, 0.5) is 0 Å². The van der Waals surface area contributed by atoms with E-state index in [0.29, 0.717) is 5.56 Å². The van der Waals surface area contributed by atoms with Crippen molar-refractivity contribution in [3.05, 3.63) is 71.8 Å². The fourth-order valence-corrected chi connectivity index (χ4v) is 5.06. The molecule has 262 valence electrons. The van der Waals surface area contributed by atoms with Gasteiger partial charge in [-0.15, -0.1) is 0 Å². The van der Waals surface area contributed by atoms with Crippen LogP contribution in [-0.4, -0.2) is 106 Å². The summed E-state index contributed by atoms with van der Waals surface area (Å²) in [6.07, 6.45) is -6.28. The zero-order chi connectivity index (χ0) is 35.2. The number of carbonyl (C=O) groups excluding carboxylic acids is 4. The van der Waals surface area contributed by atoms with Crippen molar-refractivity contribution >= 4 is 29.7 Å². The van der Waals surface area contributed by atoms with Gasteiger partial charge in [0.25, 0.3) is 0 Å². The van der Waals surface area contributed by atoms with Crippen molar-refractivity contribution in [2.45, 2.75) is 89.0 Å². The highest BCUT2D eigenvalue weighted by Crippen LogP contribution is 2.27. The molecular formula is C33H43N3O12. The number of carbonyl (C=O) groups is 5. The second-order valence-corrected chi connectivity index (χ2v) is 11.2. The lowest BCUT2D eigenvalue weighted by Crippen LogP contribution is -2.70.